The number of hydrogen-bond acceptors (Lipinski definition) is 3. The first kappa shape index (κ1) is 13.3. The van der Waals surface area contributed by atoms with Gasteiger partial charge in [-0.05, 0) is 36.2 Å². The number of rotatable bonds is 3. The summed E-state index contributed by atoms with van der Waals surface area (Å²) in [5, 5.41) is 10.6. The minimum Gasteiger partial charge on any atom is -0.258 e. The fraction of sp³-hybridized carbons (Fsp3) is 0.200. The van der Waals surface area contributed by atoms with Gasteiger partial charge >= 0.3 is 0 Å². The molecule has 0 saturated carbocycles. The van der Waals surface area contributed by atoms with Crippen molar-refractivity contribution in [1.29, 1.82) is 0 Å². The van der Waals surface area contributed by atoms with Gasteiger partial charge in [0.25, 0.3) is 5.69 Å². The molecule has 0 unspecified atom stereocenters. The summed E-state index contributed by atoms with van der Waals surface area (Å²) in [6, 6.07) is 10.6. The van der Waals surface area contributed by atoms with E-state index in [9.17, 15) is 10.1 Å². The number of nitro benzene ring substituents is 1. The van der Waals surface area contributed by atoms with E-state index in [1.807, 2.05) is 12.1 Å². The second kappa shape index (κ2) is 6.17. The monoisotopic (exact) mass is 271 g/mol. The molecule has 96 valence electrons. The van der Waals surface area contributed by atoms with Crippen molar-refractivity contribution in [1.82, 2.24) is 0 Å². The summed E-state index contributed by atoms with van der Waals surface area (Å²) < 4.78 is 0. The van der Waals surface area contributed by atoms with Crippen molar-refractivity contribution in [3.63, 3.8) is 0 Å². The van der Waals surface area contributed by atoms with Crippen molar-refractivity contribution in [3.05, 3.63) is 51.4 Å². The molecule has 0 spiro atoms. The number of nitro groups is 1. The molecule has 0 aliphatic heterocycles. The van der Waals surface area contributed by atoms with Crippen LogP contribution in [0.5, 0.6) is 0 Å². The zero-order chi connectivity index (χ0) is 13.7. The van der Waals surface area contributed by atoms with Gasteiger partial charge in [0.1, 0.15) is 0 Å². The Balaban J connectivity index is 2.19. The van der Waals surface area contributed by atoms with E-state index >= 15 is 0 Å². The number of unbranched alkanes of at least 4 members (excludes halogenated alkanes) is 1. The summed E-state index contributed by atoms with van der Waals surface area (Å²) in [5.74, 6) is 6.24. The molecular formula is C15H13NO2S. The molecule has 1 aromatic carbocycles. The molecule has 0 aliphatic rings. The molecule has 0 saturated heterocycles. The van der Waals surface area contributed by atoms with Gasteiger partial charge in [-0.1, -0.05) is 18.8 Å². The van der Waals surface area contributed by atoms with Gasteiger partial charge in [-0.2, -0.15) is 0 Å². The van der Waals surface area contributed by atoms with Crippen molar-refractivity contribution >= 4 is 17.0 Å². The van der Waals surface area contributed by atoms with E-state index in [1.54, 1.807) is 23.5 Å². The quantitative estimate of drug-likeness (QED) is 0.469. The van der Waals surface area contributed by atoms with Gasteiger partial charge in [-0.15, -0.1) is 11.3 Å². The summed E-state index contributed by atoms with van der Waals surface area (Å²) in [6.07, 6.45) is 1.97. The Kier molecular flexibility index (Phi) is 4.32. The van der Waals surface area contributed by atoms with E-state index in [0.29, 0.717) is 0 Å². The SMILES string of the molecule is CCCC#Cc1ccc(-c2ccc([N+](=O)[O-])cc2)s1. The van der Waals surface area contributed by atoms with Crippen LogP contribution in [0.4, 0.5) is 5.69 Å². The Hall–Kier alpha value is -2.12. The maximum Gasteiger partial charge on any atom is 0.269 e. The summed E-state index contributed by atoms with van der Waals surface area (Å²) in [5.41, 5.74) is 1.10. The molecule has 0 amide bonds. The molecule has 2 aromatic rings. The molecule has 0 radical (unpaired) electrons. The highest BCUT2D eigenvalue weighted by molar-refractivity contribution is 7.16. The second-order valence-corrected chi connectivity index (χ2v) is 5.10. The molecule has 0 bridgehead atoms. The van der Waals surface area contributed by atoms with Gasteiger partial charge in [0.05, 0.1) is 9.80 Å². The van der Waals surface area contributed by atoms with Gasteiger partial charge in [-0.3, -0.25) is 10.1 Å². The summed E-state index contributed by atoms with van der Waals surface area (Å²) in [6.45, 7) is 2.10. The van der Waals surface area contributed by atoms with Crippen LogP contribution < -0.4 is 0 Å². The fourth-order valence-corrected chi connectivity index (χ4v) is 2.47. The number of benzene rings is 1. The lowest BCUT2D eigenvalue weighted by Crippen LogP contribution is -1.86. The first-order valence-electron chi connectivity index (χ1n) is 6.04. The van der Waals surface area contributed by atoms with Crippen LogP contribution in [0.3, 0.4) is 0 Å². The normalized spacial score (nSPS) is 9.74. The maximum atomic E-state index is 10.6. The molecule has 0 aliphatic carbocycles. The lowest BCUT2D eigenvalue weighted by atomic mass is 10.2. The highest BCUT2D eigenvalue weighted by Gasteiger charge is 2.06. The number of nitrogens with zero attached hydrogens (tertiary/aromatic N) is 1. The molecule has 2 rings (SSSR count). The van der Waals surface area contributed by atoms with Gasteiger partial charge in [0, 0.05) is 23.4 Å². The van der Waals surface area contributed by atoms with E-state index in [-0.39, 0.29) is 10.6 Å². The van der Waals surface area contributed by atoms with Crippen molar-refractivity contribution in [2.45, 2.75) is 19.8 Å². The topological polar surface area (TPSA) is 43.1 Å². The van der Waals surface area contributed by atoms with E-state index in [1.165, 1.54) is 12.1 Å². The number of hydrogen-bond donors (Lipinski definition) is 0. The van der Waals surface area contributed by atoms with Gasteiger partial charge in [-0.25, -0.2) is 0 Å². The largest absolute Gasteiger partial charge is 0.269 e. The van der Waals surface area contributed by atoms with Crippen LogP contribution in [0.15, 0.2) is 36.4 Å². The van der Waals surface area contributed by atoms with Crippen LogP contribution in [0.25, 0.3) is 10.4 Å². The van der Waals surface area contributed by atoms with Gasteiger partial charge in [0.15, 0.2) is 0 Å². The van der Waals surface area contributed by atoms with Crippen molar-refractivity contribution in [2.24, 2.45) is 0 Å². The maximum absolute atomic E-state index is 10.6. The molecule has 1 heterocycles. The third-order valence-corrected chi connectivity index (χ3v) is 3.60. The molecule has 0 atom stereocenters. The Bertz CT molecular complexity index is 632. The number of thiophene rings is 1. The standard InChI is InChI=1S/C15H13NO2S/c1-2-3-4-5-14-10-11-15(19-14)12-6-8-13(9-7-12)16(17)18/h6-11H,2-3H2,1H3. The van der Waals surface area contributed by atoms with Gasteiger partial charge in [0.2, 0.25) is 0 Å². The fourth-order valence-electron chi connectivity index (χ4n) is 1.58. The molecule has 19 heavy (non-hydrogen) atoms. The summed E-state index contributed by atoms with van der Waals surface area (Å²) in [4.78, 5) is 12.3. The van der Waals surface area contributed by atoms with Crippen LogP contribution in [0.1, 0.15) is 24.6 Å². The lowest BCUT2D eigenvalue weighted by Gasteiger charge is -1.96. The Morgan fingerprint density at radius 2 is 1.95 bits per heavy atom. The van der Waals surface area contributed by atoms with Crippen LogP contribution in [-0.2, 0) is 0 Å². The molecule has 1 aromatic heterocycles. The molecule has 4 heteroatoms. The zero-order valence-electron chi connectivity index (χ0n) is 10.6. The van der Waals surface area contributed by atoms with Crippen LogP contribution >= 0.6 is 11.3 Å². The predicted molar refractivity (Wildman–Crippen MR) is 78.2 cm³/mol. The van der Waals surface area contributed by atoms with Crippen molar-refractivity contribution in [2.75, 3.05) is 0 Å². The minimum atomic E-state index is -0.389. The van der Waals surface area contributed by atoms with Crippen LogP contribution in [-0.4, -0.2) is 4.92 Å². The molecule has 3 nitrogen and oxygen atoms in total. The second-order valence-electron chi connectivity index (χ2n) is 4.02. The Morgan fingerprint density at radius 3 is 2.58 bits per heavy atom. The van der Waals surface area contributed by atoms with Crippen LogP contribution in [0.2, 0.25) is 0 Å². The van der Waals surface area contributed by atoms with Gasteiger partial charge < -0.3 is 0 Å². The molecule has 0 fully saturated rings. The van der Waals surface area contributed by atoms with Crippen LogP contribution in [0, 0.1) is 22.0 Å². The highest BCUT2D eigenvalue weighted by atomic mass is 32.1. The van der Waals surface area contributed by atoms with Crippen molar-refractivity contribution < 1.29 is 4.92 Å². The zero-order valence-corrected chi connectivity index (χ0v) is 11.4. The Labute approximate surface area is 116 Å². The average molecular weight is 271 g/mol. The summed E-state index contributed by atoms with van der Waals surface area (Å²) >= 11 is 1.61. The number of non-ortho nitro benzene ring substituents is 1. The molecule has 0 N–H and O–H groups in total. The third-order valence-electron chi connectivity index (χ3n) is 2.56. The Morgan fingerprint density at radius 1 is 1.21 bits per heavy atom. The average Bonchev–Trinajstić information content (AvgIpc) is 2.88. The van der Waals surface area contributed by atoms with Crippen molar-refractivity contribution in [3.8, 4) is 22.3 Å². The van der Waals surface area contributed by atoms with E-state index in [0.717, 1.165) is 28.2 Å². The lowest BCUT2D eigenvalue weighted by molar-refractivity contribution is -0.384. The van der Waals surface area contributed by atoms with E-state index < -0.39 is 0 Å². The smallest absolute Gasteiger partial charge is 0.258 e. The summed E-state index contributed by atoms with van der Waals surface area (Å²) in [7, 11) is 0. The third kappa shape index (κ3) is 3.43. The first-order valence-corrected chi connectivity index (χ1v) is 6.86. The van der Waals surface area contributed by atoms with E-state index in [2.05, 4.69) is 18.8 Å². The first-order chi connectivity index (χ1) is 9.20. The highest BCUT2D eigenvalue weighted by Crippen LogP contribution is 2.28. The van der Waals surface area contributed by atoms with E-state index in [4.69, 9.17) is 0 Å². The predicted octanol–water partition coefficient (Wildman–Crippen LogP) is 4.47. The minimum absolute atomic E-state index is 0.114. The molecular weight excluding hydrogens is 258 g/mol.